The zero-order valence-corrected chi connectivity index (χ0v) is 12.3. The first kappa shape index (κ1) is 14.9. The molecule has 0 radical (unpaired) electrons. The molecule has 1 aromatic carbocycles. The van der Waals surface area contributed by atoms with Gasteiger partial charge < -0.3 is 19.7 Å². The Morgan fingerprint density at radius 3 is 2.10 bits per heavy atom. The second-order valence-corrected chi connectivity index (χ2v) is 5.96. The molecule has 1 heterocycles. The van der Waals surface area contributed by atoms with Crippen molar-refractivity contribution < 1.29 is 19.2 Å². The van der Waals surface area contributed by atoms with Crippen LogP contribution in [-0.4, -0.2) is 35.9 Å². The lowest BCUT2D eigenvalue weighted by Gasteiger charge is -2.32. The summed E-state index contributed by atoms with van der Waals surface area (Å²) in [5.41, 5.74) is 0.952. The average Bonchev–Trinajstić information content (AvgIpc) is 2.56. The summed E-state index contributed by atoms with van der Waals surface area (Å²) < 4.78 is 11.9. The molecule has 1 saturated heterocycles. The molecule has 0 aromatic heterocycles. The lowest BCUT2D eigenvalue weighted by atomic mass is 9.79. The Hall–Kier alpha value is -1.53. The molecule has 1 fully saturated rings. The number of nitrogens with one attached hydrogen (secondary N) is 1. The number of carboxylic acids is 1. The standard InChI is InChI=1S/C14H20BNO4/c1-13(2)14(3,4)20-15(19-13)10-5-7-11(8-6-10)16-9-12(17)18/h5-8,16H,9H2,1-4H3,(H,17,18). The summed E-state index contributed by atoms with van der Waals surface area (Å²) in [4.78, 5) is 10.5. The van der Waals surface area contributed by atoms with E-state index >= 15 is 0 Å². The van der Waals surface area contributed by atoms with E-state index in [4.69, 9.17) is 14.4 Å². The Bertz CT molecular complexity index is 482. The molecule has 1 aliphatic rings. The van der Waals surface area contributed by atoms with Crippen LogP contribution >= 0.6 is 0 Å². The van der Waals surface area contributed by atoms with E-state index in [1.165, 1.54) is 0 Å². The fourth-order valence-electron chi connectivity index (χ4n) is 1.91. The zero-order chi connectivity index (χ0) is 15.0. The van der Waals surface area contributed by atoms with Crippen molar-refractivity contribution in [2.75, 3.05) is 11.9 Å². The maximum absolute atomic E-state index is 10.5. The molecular weight excluding hydrogens is 257 g/mol. The van der Waals surface area contributed by atoms with Gasteiger partial charge in [0.05, 0.1) is 11.2 Å². The highest BCUT2D eigenvalue weighted by molar-refractivity contribution is 6.62. The Morgan fingerprint density at radius 2 is 1.65 bits per heavy atom. The van der Waals surface area contributed by atoms with Crippen LogP contribution in [0.5, 0.6) is 0 Å². The van der Waals surface area contributed by atoms with Crippen molar-refractivity contribution in [3.8, 4) is 0 Å². The predicted octanol–water partition coefficient (Wildman–Crippen LogP) is 1.48. The minimum absolute atomic E-state index is 0.101. The van der Waals surface area contributed by atoms with E-state index in [2.05, 4.69) is 5.32 Å². The molecular formula is C14H20BNO4. The molecule has 5 nitrogen and oxygen atoms in total. The monoisotopic (exact) mass is 277 g/mol. The van der Waals surface area contributed by atoms with Gasteiger partial charge in [0.25, 0.3) is 0 Å². The molecule has 6 heteroatoms. The fourth-order valence-corrected chi connectivity index (χ4v) is 1.91. The number of benzene rings is 1. The Morgan fingerprint density at radius 1 is 1.15 bits per heavy atom. The molecule has 2 N–H and O–H groups in total. The zero-order valence-electron chi connectivity index (χ0n) is 12.3. The normalized spacial score (nSPS) is 19.9. The van der Waals surface area contributed by atoms with Crippen LogP contribution in [0.3, 0.4) is 0 Å². The van der Waals surface area contributed by atoms with Crippen molar-refractivity contribution in [3.63, 3.8) is 0 Å². The van der Waals surface area contributed by atoms with Gasteiger partial charge in [0, 0.05) is 5.69 Å². The first-order valence-corrected chi connectivity index (χ1v) is 6.62. The van der Waals surface area contributed by atoms with Gasteiger partial charge in [-0.1, -0.05) is 12.1 Å². The second-order valence-electron chi connectivity index (χ2n) is 5.96. The van der Waals surface area contributed by atoms with Gasteiger partial charge in [-0.05, 0) is 45.3 Å². The van der Waals surface area contributed by atoms with Gasteiger partial charge >= 0.3 is 13.1 Å². The van der Waals surface area contributed by atoms with E-state index < -0.39 is 13.1 Å². The minimum Gasteiger partial charge on any atom is -0.480 e. The highest BCUT2D eigenvalue weighted by Gasteiger charge is 2.51. The van der Waals surface area contributed by atoms with Crippen molar-refractivity contribution in [3.05, 3.63) is 24.3 Å². The molecule has 20 heavy (non-hydrogen) atoms. The predicted molar refractivity (Wildman–Crippen MR) is 78.3 cm³/mol. The van der Waals surface area contributed by atoms with Gasteiger partial charge in [-0.25, -0.2) is 0 Å². The van der Waals surface area contributed by atoms with Gasteiger partial charge in [0.1, 0.15) is 6.54 Å². The van der Waals surface area contributed by atoms with Crippen molar-refractivity contribution in [1.82, 2.24) is 0 Å². The number of hydrogen-bond donors (Lipinski definition) is 2. The van der Waals surface area contributed by atoms with Crippen molar-refractivity contribution in [2.45, 2.75) is 38.9 Å². The van der Waals surface area contributed by atoms with Gasteiger partial charge in [0.15, 0.2) is 0 Å². The van der Waals surface area contributed by atoms with Crippen LogP contribution < -0.4 is 10.8 Å². The lowest BCUT2D eigenvalue weighted by molar-refractivity contribution is -0.134. The van der Waals surface area contributed by atoms with Gasteiger partial charge in [-0.15, -0.1) is 0 Å². The Kier molecular flexibility index (Phi) is 3.80. The first-order valence-electron chi connectivity index (χ1n) is 6.62. The molecule has 1 aliphatic heterocycles. The smallest absolute Gasteiger partial charge is 0.480 e. The number of rotatable bonds is 4. The lowest BCUT2D eigenvalue weighted by Crippen LogP contribution is -2.41. The molecule has 2 rings (SSSR count). The first-order chi connectivity index (χ1) is 9.21. The summed E-state index contributed by atoms with van der Waals surface area (Å²) in [7, 11) is -0.395. The number of carbonyl (C=O) groups is 1. The van der Waals surface area contributed by atoms with E-state index in [0.717, 1.165) is 11.2 Å². The number of carboxylic acid groups (broad SMARTS) is 1. The summed E-state index contributed by atoms with van der Waals surface area (Å²) >= 11 is 0. The molecule has 1 aromatic rings. The summed E-state index contributed by atoms with van der Waals surface area (Å²) in [6.07, 6.45) is 0. The molecule has 0 atom stereocenters. The van der Waals surface area contributed by atoms with Gasteiger partial charge in [-0.3, -0.25) is 4.79 Å². The summed E-state index contributed by atoms with van der Waals surface area (Å²) in [5, 5.41) is 11.4. The molecule has 0 aliphatic carbocycles. The van der Waals surface area contributed by atoms with E-state index in [1.807, 2.05) is 52.0 Å². The summed E-state index contributed by atoms with van der Waals surface area (Å²) in [6.45, 7) is 7.94. The summed E-state index contributed by atoms with van der Waals surface area (Å²) in [6, 6.07) is 7.41. The van der Waals surface area contributed by atoms with Gasteiger partial charge in [0.2, 0.25) is 0 Å². The molecule has 0 amide bonds. The quantitative estimate of drug-likeness (QED) is 0.816. The maximum Gasteiger partial charge on any atom is 0.494 e. The van der Waals surface area contributed by atoms with Crippen LogP contribution in [0.15, 0.2) is 24.3 Å². The Balaban J connectivity index is 2.06. The molecule has 0 unspecified atom stereocenters. The largest absolute Gasteiger partial charge is 0.494 e. The average molecular weight is 277 g/mol. The topological polar surface area (TPSA) is 67.8 Å². The number of anilines is 1. The number of hydrogen-bond acceptors (Lipinski definition) is 4. The molecule has 0 bridgehead atoms. The van der Waals surface area contributed by atoms with Crippen LogP contribution in [0.25, 0.3) is 0 Å². The van der Waals surface area contributed by atoms with Crippen LogP contribution in [-0.2, 0) is 14.1 Å². The molecule has 0 saturated carbocycles. The van der Waals surface area contributed by atoms with Crippen LogP contribution in [0.2, 0.25) is 0 Å². The highest BCUT2D eigenvalue weighted by Crippen LogP contribution is 2.36. The van der Waals surface area contributed by atoms with E-state index in [9.17, 15) is 4.79 Å². The van der Waals surface area contributed by atoms with E-state index in [-0.39, 0.29) is 17.7 Å². The Labute approximate surface area is 119 Å². The van der Waals surface area contributed by atoms with Crippen molar-refractivity contribution in [1.29, 1.82) is 0 Å². The molecule has 108 valence electrons. The minimum atomic E-state index is -0.889. The number of aliphatic carboxylic acids is 1. The van der Waals surface area contributed by atoms with Crippen LogP contribution in [0, 0.1) is 0 Å². The third-order valence-electron chi connectivity index (χ3n) is 3.88. The second kappa shape index (κ2) is 5.11. The van der Waals surface area contributed by atoms with Crippen LogP contribution in [0.1, 0.15) is 27.7 Å². The van der Waals surface area contributed by atoms with Crippen LogP contribution in [0.4, 0.5) is 5.69 Å². The molecule has 0 spiro atoms. The van der Waals surface area contributed by atoms with Crippen molar-refractivity contribution >= 4 is 24.2 Å². The maximum atomic E-state index is 10.5. The highest BCUT2D eigenvalue weighted by atomic mass is 16.7. The van der Waals surface area contributed by atoms with Crippen molar-refractivity contribution in [2.24, 2.45) is 0 Å². The van der Waals surface area contributed by atoms with E-state index in [1.54, 1.807) is 0 Å². The van der Waals surface area contributed by atoms with Gasteiger partial charge in [-0.2, -0.15) is 0 Å². The summed E-state index contributed by atoms with van der Waals surface area (Å²) in [5.74, 6) is -0.889. The van der Waals surface area contributed by atoms with E-state index in [0.29, 0.717) is 0 Å². The third-order valence-corrected chi connectivity index (χ3v) is 3.88. The SMILES string of the molecule is CC1(C)OB(c2ccc(NCC(=O)O)cc2)OC1(C)C. The third kappa shape index (κ3) is 2.97. The fraction of sp³-hybridized carbons (Fsp3) is 0.500.